The lowest BCUT2D eigenvalue weighted by molar-refractivity contribution is -0.171. The molecule has 4 atom stereocenters. The van der Waals surface area contributed by atoms with Gasteiger partial charge in [0.1, 0.15) is 11.3 Å². The number of benzene rings is 1. The third-order valence-electron chi connectivity index (χ3n) is 7.12. The molecule has 1 aromatic rings. The molecular formula is C24H27NO7. The maximum absolute atomic E-state index is 13.7. The maximum atomic E-state index is 13.7. The molecule has 3 aliphatic rings. The number of nitrogens with zero attached hydrogens (tertiary/aromatic N) is 1. The highest BCUT2D eigenvalue weighted by Gasteiger charge is 2.69. The van der Waals surface area contributed by atoms with Crippen LogP contribution in [0.15, 0.2) is 29.8 Å². The summed E-state index contributed by atoms with van der Waals surface area (Å²) >= 11 is 0. The number of carbonyl (C=O) groups is 4. The minimum absolute atomic E-state index is 0.00355. The van der Waals surface area contributed by atoms with E-state index >= 15 is 0 Å². The Morgan fingerprint density at radius 3 is 2.41 bits per heavy atom. The molecule has 1 aliphatic heterocycles. The molecule has 2 aliphatic carbocycles. The SMILES string of the molecule is CCOC(=O)[C@H]1C(=O)C=C2[C@@H](O)[C@]1(C(=O)OCC)c1cccc3c1[C@@H](C(=O)N3C)C2(C)C. The van der Waals surface area contributed by atoms with E-state index in [4.69, 9.17) is 9.47 Å². The van der Waals surface area contributed by atoms with Crippen LogP contribution in [0.25, 0.3) is 0 Å². The Bertz CT molecular complexity index is 1070. The molecule has 8 nitrogen and oxygen atoms in total. The van der Waals surface area contributed by atoms with Crippen LogP contribution in [0.3, 0.4) is 0 Å². The Morgan fingerprint density at radius 2 is 1.78 bits per heavy atom. The molecule has 0 aromatic heterocycles. The molecular weight excluding hydrogens is 414 g/mol. The van der Waals surface area contributed by atoms with Crippen molar-refractivity contribution >= 4 is 29.3 Å². The Morgan fingerprint density at radius 1 is 1.12 bits per heavy atom. The number of aliphatic hydroxyl groups excluding tert-OH is 1. The summed E-state index contributed by atoms with van der Waals surface area (Å²) in [5.41, 5.74) is -1.48. The summed E-state index contributed by atoms with van der Waals surface area (Å²) in [6.07, 6.45) is -0.347. The lowest BCUT2D eigenvalue weighted by atomic mass is 9.58. The third-order valence-corrected chi connectivity index (χ3v) is 7.12. The number of carbonyl (C=O) groups excluding carboxylic acids is 4. The van der Waals surface area contributed by atoms with Gasteiger partial charge in [-0.2, -0.15) is 0 Å². The number of ketones is 1. The number of hydrogen-bond donors (Lipinski definition) is 1. The summed E-state index contributed by atoms with van der Waals surface area (Å²) in [6.45, 7) is 6.72. The van der Waals surface area contributed by atoms with Crippen LogP contribution in [0.4, 0.5) is 5.69 Å². The topological polar surface area (TPSA) is 110 Å². The van der Waals surface area contributed by atoms with Gasteiger partial charge in [-0.1, -0.05) is 26.0 Å². The van der Waals surface area contributed by atoms with E-state index in [1.54, 1.807) is 52.9 Å². The largest absolute Gasteiger partial charge is 0.465 e. The van der Waals surface area contributed by atoms with Crippen molar-refractivity contribution in [2.45, 2.75) is 45.1 Å². The summed E-state index contributed by atoms with van der Waals surface area (Å²) in [5, 5.41) is 11.7. The van der Waals surface area contributed by atoms with Crippen molar-refractivity contribution in [2.24, 2.45) is 11.3 Å². The van der Waals surface area contributed by atoms with Crippen molar-refractivity contribution in [1.29, 1.82) is 0 Å². The number of fused-ring (bicyclic) bond motifs is 3. The Labute approximate surface area is 186 Å². The number of allylic oxidation sites excluding steroid dienone is 1. The molecule has 170 valence electrons. The molecule has 8 heteroatoms. The molecule has 0 saturated carbocycles. The molecule has 0 saturated heterocycles. The second-order valence-corrected chi connectivity index (χ2v) is 8.97. The van der Waals surface area contributed by atoms with E-state index in [0.717, 1.165) is 0 Å². The van der Waals surface area contributed by atoms with Crippen LogP contribution in [0.2, 0.25) is 0 Å². The molecule has 1 amide bonds. The van der Waals surface area contributed by atoms with Gasteiger partial charge in [-0.15, -0.1) is 0 Å². The molecule has 4 rings (SSSR count). The molecule has 2 bridgehead atoms. The summed E-state index contributed by atoms with van der Waals surface area (Å²) < 4.78 is 10.6. The van der Waals surface area contributed by atoms with Gasteiger partial charge in [-0.05, 0) is 42.7 Å². The van der Waals surface area contributed by atoms with Crippen molar-refractivity contribution in [3.05, 3.63) is 41.0 Å². The molecule has 32 heavy (non-hydrogen) atoms. The van der Waals surface area contributed by atoms with Crippen LogP contribution in [0.5, 0.6) is 0 Å². The molecule has 1 N–H and O–H groups in total. The highest BCUT2D eigenvalue weighted by Crippen LogP contribution is 2.61. The fourth-order valence-corrected chi connectivity index (χ4v) is 5.68. The fourth-order valence-electron chi connectivity index (χ4n) is 5.68. The lowest BCUT2D eigenvalue weighted by Gasteiger charge is -2.45. The zero-order chi connectivity index (χ0) is 23.6. The van der Waals surface area contributed by atoms with E-state index in [1.807, 2.05) is 0 Å². The lowest BCUT2D eigenvalue weighted by Crippen LogP contribution is -2.61. The smallest absolute Gasteiger partial charge is 0.320 e. The van der Waals surface area contributed by atoms with E-state index in [-0.39, 0.29) is 30.3 Å². The van der Waals surface area contributed by atoms with Gasteiger partial charge in [0.05, 0.1) is 25.2 Å². The first kappa shape index (κ1) is 22.2. The number of amides is 1. The van der Waals surface area contributed by atoms with Crippen molar-refractivity contribution in [1.82, 2.24) is 0 Å². The number of ether oxygens (including phenoxy) is 2. The zero-order valence-corrected chi connectivity index (χ0v) is 18.8. The zero-order valence-electron chi connectivity index (χ0n) is 18.8. The molecule has 0 spiro atoms. The molecule has 0 unspecified atom stereocenters. The van der Waals surface area contributed by atoms with Crippen LogP contribution in [0, 0.1) is 11.3 Å². The Kier molecular flexibility index (Phi) is 5.04. The number of aliphatic hydroxyl groups is 1. The van der Waals surface area contributed by atoms with Gasteiger partial charge >= 0.3 is 11.9 Å². The first-order valence-electron chi connectivity index (χ1n) is 10.7. The highest BCUT2D eigenvalue weighted by molar-refractivity contribution is 6.15. The Balaban J connectivity index is 2.18. The van der Waals surface area contributed by atoms with Crippen LogP contribution in [-0.4, -0.2) is 55.1 Å². The first-order chi connectivity index (χ1) is 15.1. The van der Waals surface area contributed by atoms with E-state index in [9.17, 15) is 24.3 Å². The molecule has 1 heterocycles. The summed E-state index contributed by atoms with van der Waals surface area (Å²) in [7, 11) is 1.65. The average molecular weight is 441 g/mol. The summed E-state index contributed by atoms with van der Waals surface area (Å²) in [6, 6.07) is 5.00. The second kappa shape index (κ2) is 7.27. The van der Waals surface area contributed by atoms with Gasteiger partial charge in [-0.3, -0.25) is 19.2 Å². The maximum Gasteiger partial charge on any atom is 0.320 e. The van der Waals surface area contributed by atoms with E-state index in [0.29, 0.717) is 11.3 Å². The van der Waals surface area contributed by atoms with Crippen LogP contribution >= 0.6 is 0 Å². The number of anilines is 1. The predicted octanol–water partition coefficient (Wildman–Crippen LogP) is 1.64. The number of likely N-dealkylation sites (N-methyl/N-ethyl adjacent to an activating group) is 1. The highest BCUT2D eigenvalue weighted by atomic mass is 16.5. The normalized spacial score (nSPS) is 29.8. The number of hydrogen-bond acceptors (Lipinski definition) is 7. The molecule has 0 fully saturated rings. The standard InChI is InChI=1S/C24H27NO7/c1-6-31-21(29)17-15(26)11-13-19(27)24(17,22(30)32-7-2)12-9-8-10-14-16(12)18(23(13,3)4)20(28)25(14)5/h8-11,17-19,27H,6-7H2,1-5H3/t17-,18+,19-,24+/m1/s1. The van der Waals surface area contributed by atoms with Gasteiger partial charge < -0.3 is 19.5 Å². The second-order valence-electron chi connectivity index (χ2n) is 8.97. The van der Waals surface area contributed by atoms with Crippen LogP contribution < -0.4 is 4.90 Å². The van der Waals surface area contributed by atoms with Crippen LogP contribution in [0.1, 0.15) is 44.7 Å². The summed E-state index contributed by atoms with van der Waals surface area (Å²) in [5.74, 6) is -5.05. The van der Waals surface area contributed by atoms with E-state index in [2.05, 4.69) is 0 Å². The van der Waals surface area contributed by atoms with Gasteiger partial charge in [0.25, 0.3) is 0 Å². The van der Waals surface area contributed by atoms with Gasteiger partial charge in [0.2, 0.25) is 5.91 Å². The minimum Gasteiger partial charge on any atom is -0.465 e. The quantitative estimate of drug-likeness (QED) is 0.559. The molecule has 0 radical (unpaired) electrons. The third kappa shape index (κ3) is 2.53. The van der Waals surface area contributed by atoms with Crippen molar-refractivity contribution < 1.29 is 33.8 Å². The average Bonchev–Trinajstić information content (AvgIpc) is 2.98. The Hall–Kier alpha value is -3.00. The predicted molar refractivity (Wildman–Crippen MR) is 114 cm³/mol. The van der Waals surface area contributed by atoms with E-state index < -0.39 is 46.5 Å². The van der Waals surface area contributed by atoms with Gasteiger partial charge in [0, 0.05) is 18.2 Å². The van der Waals surface area contributed by atoms with Crippen molar-refractivity contribution in [3.63, 3.8) is 0 Å². The van der Waals surface area contributed by atoms with Crippen molar-refractivity contribution in [2.75, 3.05) is 25.2 Å². The fraction of sp³-hybridized carbons (Fsp3) is 0.500. The van der Waals surface area contributed by atoms with Crippen molar-refractivity contribution in [3.8, 4) is 0 Å². The summed E-state index contributed by atoms with van der Waals surface area (Å²) in [4.78, 5) is 55.0. The number of esters is 2. The minimum atomic E-state index is -2.06. The van der Waals surface area contributed by atoms with Gasteiger partial charge in [-0.25, -0.2) is 0 Å². The first-order valence-corrected chi connectivity index (χ1v) is 10.7. The molecule has 1 aromatic carbocycles. The van der Waals surface area contributed by atoms with Gasteiger partial charge in [0.15, 0.2) is 5.78 Å². The monoisotopic (exact) mass is 441 g/mol. The number of rotatable bonds is 4. The van der Waals surface area contributed by atoms with E-state index in [1.165, 1.54) is 11.0 Å². The van der Waals surface area contributed by atoms with Crippen LogP contribution in [-0.2, 0) is 34.1 Å².